The first kappa shape index (κ1) is 18.2. The molecule has 148 valence electrons. The van der Waals surface area contributed by atoms with E-state index in [1.54, 1.807) is 22.3 Å². The second-order valence-electron chi connectivity index (χ2n) is 7.81. The van der Waals surface area contributed by atoms with Crippen molar-refractivity contribution >= 4 is 17.2 Å². The van der Waals surface area contributed by atoms with E-state index in [2.05, 4.69) is 11.4 Å². The molecule has 2 fully saturated rings. The van der Waals surface area contributed by atoms with Crippen molar-refractivity contribution in [2.45, 2.75) is 31.9 Å². The van der Waals surface area contributed by atoms with Crippen LogP contribution in [0.15, 0.2) is 58.0 Å². The average molecular weight is 407 g/mol. The van der Waals surface area contributed by atoms with Crippen LogP contribution < -0.4 is 10.3 Å². The first-order chi connectivity index (χ1) is 14.1. The van der Waals surface area contributed by atoms with Crippen LogP contribution >= 0.6 is 11.3 Å². The predicted molar refractivity (Wildman–Crippen MR) is 114 cm³/mol. The highest BCUT2D eigenvalue weighted by molar-refractivity contribution is 7.08. The van der Waals surface area contributed by atoms with Crippen LogP contribution in [0.5, 0.6) is 5.75 Å². The average Bonchev–Trinajstić information content (AvgIpc) is 3.35. The molecule has 1 saturated carbocycles. The Morgan fingerprint density at radius 1 is 1.07 bits per heavy atom. The molecule has 0 N–H and O–H groups in total. The Hall–Kier alpha value is -2.86. The minimum atomic E-state index is -0.0698. The molecule has 3 heterocycles. The van der Waals surface area contributed by atoms with Gasteiger partial charge in [0, 0.05) is 23.4 Å². The number of ether oxygens (including phenoxy) is 1. The molecule has 1 saturated heterocycles. The SMILES string of the molecule is Cc1cc(OC2CN(C(=O)c3ccc(-c4ccsc4)cc3)C2)cc(=O)n1C1CC1. The quantitative estimate of drug-likeness (QED) is 0.640. The van der Waals surface area contributed by atoms with Gasteiger partial charge in [-0.05, 0) is 65.9 Å². The summed E-state index contributed by atoms with van der Waals surface area (Å²) in [6.07, 6.45) is 2.09. The largest absolute Gasteiger partial charge is 0.486 e. The zero-order valence-corrected chi connectivity index (χ0v) is 17.0. The van der Waals surface area contributed by atoms with Gasteiger partial charge < -0.3 is 14.2 Å². The van der Waals surface area contributed by atoms with Crippen molar-refractivity contribution in [3.63, 3.8) is 0 Å². The van der Waals surface area contributed by atoms with Crippen molar-refractivity contribution < 1.29 is 9.53 Å². The zero-order chi connectivity index (χ0) is 20.0. The summed E-state index contributed by atoms with van der Waals surface area (Å²) in [4.78, 5) is 26.8. The summed E-state index contributed by atoms with van der Waals surface area (Å²) in [5.41, 5.74) is 3.91. The molecule has 2 aromatic heterocycles. The Morgan fingerprint density at radius 2 is 1.83 bits per heavy atom. The number of hydrogen-bond donors (Lipinski definition) is 0. The third-order valence-corrected chi connectivity index (χ3v) is 6.25. The van der Waals surface area contributed by atoms with Crippen LogP contribution in [-0.4, -0.2) is 34.6 Å². The number of benzene rings is 1. The van der Waals surface area contributed by atoms with E-state index >= 15 is 0 Å². The molecular formula is C23H22N2O3S. The topological polar surface area (TPSA) is 51.5 Å². The van der Waals surface area contributed by atoms with Gasteiger partial charge in [0.05, 0.1) is 13.1 Å². The lowest BCUT2D eigenvalue weighted by atomic mass is 10.0. The molecule has 1 amide bonds. The Morgan fingerprint density at radius 3 is 2.45 bits per heavy atom. The Labute approximate surface area is 173 Å². The van der Waals surface area contributed by atoms with E-state index in [0.717, 1.165) is 24.1 Å². The first-order valence-electron chi connectivity index (χ1n) is 9.90. The standard InChI is InChI=1S/C23H22N2O3S/c1-15-10-20(11-22(26)25(15)19-6-7-19)28-21-12-24(13-21)23(27)17-4-2-16(3-5-17)18-8-9-29-14-18/h2-5,8-11,14,19,21H,6-7,12-13H2,1H3. The van der Waals surface area contributed by atoms with E-state index in [-0.39, 0.29) is 17.6 Å². The molecule has 1 aliphatic heterocycles. The zero-order valence-electron chi connectivity index (χ0n) is 16.2. The van der Waals surface area contributed by atoms with E-state index < -0.39 is 0 Å². The van der Waals surface area contributed by atoms with Crippen molar-refractivity contribution in [3.8, 4) is 16.9 Å². The van der Waals surface area contributed by atoms with Gasteiger partial charge in [-0.1, -0.05) is 12.1 Å². The van der Waals surface area contributed by atoms with Gasteiger partial charge >= 0.3 is 0 Å². The summed E-state index contributed by atoms with van der Waals surface area (Å²) in [6.45, 7) is 3.02. The van der Waals surface area contributed by atoms with E-state index in [9.17, 15) is 9.59 Å². The maximum absolute atomic E-state index is 12.7. The lowest BCUT2D eigenvalue weighted by Crippen LogP contribution is -2.56. The number of rotatable bonds is 5. The minimum absolute atomic E-state index is 0.000433. The molecule has 0 atom stereocenters. The summed E-state index contributed by atoms with van der Waals surface area (Å²) in [5, 5.41) is 4.14. The third kappa shape index (κ3) is 3.60. The Bertz CT molecular complexity index is 1090. The number of thiophene rings is 1. The number of likely N-dealkylation sites (tertiary alicyclic amines) is 1. The number of aromatic nitrogens is 1. The van der Waals surface area contributed by atoms with Gasteiger partial charge in [-0.25, -0.2) is 0 Å². The van der Waals surface area contributed by atoms with Crippen molar-refractivity contribution in [3.05, 3.63) is 74.8 Å². The molecule has 5 rings (SSSR count). The fourth-order valence-electron chi connectivity index (χ4n) is 3.84. The molecule has 2 aliphatic rings. The van der Waals surface area contributed by atoms with E-state index in [1.165, 1.54) is 5.56 Å². The normalized spacial score (nSPS) is 16.5. The van der Waals surface area contributed by atoms with Crippen LogP contribution in [0.1, 0.15) is 34.9 Å². The highest BCUT2D eigenvalue weighted by Gasteiger charge is 2.33. The van der Waals surface area contributed by atoms with Gasteiger partial charge in [0.15, 0.2) is 0 Å². The molecule has 29 heavy (non-hydrogen) atoms. The predicted octanol–water partition coefficient (Wildman–Crippen LogP) is 4.12. The lowest BCUT2D eigenvalue weighted by Gasteiger charge is -2.39. The molecule has 0 unspecified atom stereocenters. The second kappa shape index (κ2) is 7.19. The summed E-state index contributed by atoms with van der Waals surface area (Å²) < 4.78 is 7.80. The van der Waals surface area contributed by atoms with Crippen molar-refractivity contribution in [1.29, 1.82) is 0 Å². The molecule has 0 spiro atoms. The molecule has 1 aliphatic carbocycles. The Kier molecular flexibility index (Phi) is 4.51. The van der Waals surface area contributed by atoms with Crippen LogP contribution in [0.4, 0.5) is 0 Å². The lowest BCUT2D eigenvalue weighted by molar-refractivity contribution is 0.0176. The molecule has 5 nitrogen and oxygen atoms in total. The molecular weight excluding hydrogens is 384 g/mol. The van der Waals surface area contributed by atoms with Crippen LogP contribution in [0, 0.1) is 6.92 Å². The maximum atomic E-state index is 12.7. The number of pyridine rings is 1. The van der Waals surface area contributed by atoms with E-state index in [1.807, 2.05) is 47.2 Å². The summed E-state index contributed by atoms with van der Waals surface area (Å²) in [7, 11) is 0. The van der Waals surface area contributed by atoms with Crippen LogP contribution in [-0.2, 0) is 0 Å². The van der Waals surface area contributed by atoms with Gasteiger partial charge in [0.25, 0.3) is 11.5 Å². The van der Waals surface area contributed by atoms with Crippen molar-refractivity contribution in [2.75, 3.05) is 13.1 Å². The first-order valence-corrected chi connectivity index (χ1v) is 10.8. The van der Waals surface area contributed by atoms with Crippen LogP contribution in [0.3, 0.4) is 0 Å². The fraction of sp³-hybridized carbons (Fsp3) is 0.304. The van der Waals surface area contributed by atoms with Crippen LogP contribution in [0.2, 0.25) is 0 Å². The van der Waals surface area contributed by atoms with Gasteiger partial charge in [-0.2, -0.15) is 11.3 Å². The second-order valence-corrected chi connectivity index (χ2v) is 8.59. The molecule has 0 bridgehead atoms. The van der Waals surface area contributed by atoms with Crippen molar-refractivity contribution in [1.82, 2.24) is 9.47 Å². The van der Waals surface area contributed by atoms with E-state index in [0.29, 0.717) is 30.4 Å². The van der Waals surface area contributed by atoms with Gasteiger partial charge in [-0.15, -0.1) is 0 Å². The van der Waals surface area contributed by atoms with Crippen molar-refractivity contribution in [2.24, 2.45) is 0 Å². The molecule has 6 heteroatoms. The summed E-state index contributed by atoms with van der Waals surface area (Å²) >= 11 is 1.66. The van der Waals surface area contributed by atoms with Gasteiger partial charge in [0.2, 0.25) is 0 Å². The number of nitrogens with zero attached hydrogens (tertiary/aromatic N) is 2. The maximum Gasteiger partial charge on any atom is 0.254 e. The number of amides is 1. The Balaban J connectivity index is 1.20. The third-order valence-electron chi connectivity index (χ3n) is 5.57. The van der Waals surface area contributed by atoms with E-state index in [4.69, 9.17) is 4.74 Å². The fourth-order valence-corrected chi connectivity index (χ4v) is 4.50. The number of aryl methyl sites for hydroxylation is 1. The van der Waals surface area contributed by atoms with Gasteiger partial charge in [-0.3, -0.25) is 9.59 Å². The van der Waals surface area contributed by atoms with Gasteiger partial charge in [0.1, 0.15) is 11.9 Å². The highest BCUT2D eigenvalue weighted by Crippen LogP contribution is 2.35. The number of carbonyl (C=O) groups is 1. The molecule has 1 aromatic carbocycles. The number of carbonyl (C=O) groups excluding carboxylic acids is 1. The summed E-state index contributed by atoms with van der Waals surface area (Å²) in [5.74, 6) is 0.615. The summed E-state index contributed by atoms with van der Waals surface area (Å²) in [6, 6.07) is 13.7. The van der Waals surface area contributed by atoms with Crippen LogP contribution in [0.25, 0.3) is 11.1 Å². The molecule has 0 radical (unpaired) electrons. The monoisotopic (exact) mass is 406 g/mol. The minimum Gasteiger partial charge on any atom is -0.486 e. The smallest absolute Gasteiger partial charge is 0.254 e. The number of hydrogen-bond acceptors (Lipinski definition) is 4. The highest BCUT2D eigenvalue weighted by atomic mass is 32.1. The molecule has 3 aromatic rings.